The van der Waals surface area contributed by atoms with E-state index in [2.05, 4.69) is 163 Å². The van der Waals surface area contributed by atoms with Gasteiger partial charge in [-0.2, -0.15) is 0 Å². The normalized spacial score (nSPS) is 12.3. The van der Waals surface area contributed by atoms with Crippen LogP contribution in [0.1, 0.15) is 55.6 Å². The van der Waals surface area contributed by atoms with Gasteiger partial charge in [0.25, 0.3) is 11.1 Å². The van der Waals surface area contributed by atoms with Crippen LogP contribution < -0.4 is 37.2 Å². The summed E-state index contributed by atoms with van der Waals surface area (Å²) in [5.74, 6) is -2.24. The Hall–Kier alpha value is -10.0. The highest BCUT2D eigenvalue weighted by Gasteiger charge is 2.14. The lowest BCUT2D eigenvalue weighted by molar-refractivity contribution is -0.139. The number of aromatic amines is 2. The van der Waals surface area contributed by atoms with Crippen LogP contribution in [-0.4, -0.2) is 41.7 Å². The summed E-state index contributed by atoms with van der Waals surface area (Å²) >= 11 is 0. The molecule has 74 heavy (non-hydrogen) atoms. The second-order valence-corrected chi connectivity index (χ2v) is 17.8. The lowest BCUT2D eigenvalue weighted by Gasteiger charge is -2.26. The summed E-state index contributed by atoms with van der Waals surface area (Å²) in [4.78, 5) is 50.1. The van der Waals surface area contributed by atoms with Crippen LogP contribution in [0.2, 0.25) is 0 Å². The van der Waals surface area contributed by atoms with Crippen LogP contribution in [0.25, 0.3) is 61.3 Å². The van der Waals surface area contributed by atoms with Crippen molar-refractivity contribution in [2.45, 2.75) is 20.0 Å². The van der Waals surface area contributed by atoms with Gasteiger partial charge in [0.15, 0.2) is 0 Å². The maximum atomic E-state index is 12.7. The van der Waals surface area contributed by atoms with Crippen molar-refractivity contribution in [1.29, 1.82) is 0 Å². The molecule has 0 saturated carbocycles. The molecule has 0 aliphatic heterocycles. The smallest absolute Gasteiger partial charge is 0.325 e. The van der Waals surface area contributed by atoms with Crippen LogP contribution in [0.3, 0.4) is 0 Å². The molecule has 2 heterocycles. The number of carboxylic acids is 2. The van der Waals surface area contributed by atoms with E-state index in [1.165, 1.54) is 5.56 Å². The highest BCUT2D eigenvalue weighted by atomic mass is 16.4. The minimum absolute atomic E-state index is 0.315. The molecular weight excluding hydrogens is 923 g/mol. The van der Waals surface area contributed by atoms with Gasteiger partial charge in [-0.15, -0.1) is 0 Å². The van der Waals surface area contributed by atoms with Crippen LogP contribution in [-0.2, 0) is 22.7 Å². The van der Waals surface area contributed by atoms with Gasteiger partial charge in [0.2, 0.25) is 0 Å². The number of carbonyl (C=O) groups is 2. The van der Waals surface area contributed by atoms with Crippen molar-refractivity contribution in [2.75, 3.05) is 4.90 Å². The quantitative estimate of drug-likeness (QED) is 0.0706. The fourth-order valence-electron chi connectivity index (χ4n) is 8.50. The second-order valence-electron chi connectivity index (χ2n) is 17.8. The molecule has 9 aromatic rings. The first kappa shape index (κ1) is 49.0. The van der Waals surface area contributed by atoms with Gasteiger partial charge in [-0.05, 0) is 117 Å². The Balaban J connectivity index is 0.974. The third-order valence-electron chi connectivity index (χ3n) is 12.4. The number of H-pyrrole nitrogens is 2. The summed E-state index contributed by atoms with van der Waals surface area (Å²) in [6, 6.07) is 59.8. The lowest BCUT2D eigenvalue weighted by atomic mass is 9.95. The summed E-state index contributed by atoms with van der Waals surface area (Å²) in [6.45, 7) is 8.90. The standard InChI is InChI=1S/C63H51N5O6/c1-42-9-29-53(30-10-42)59(52-7-5-4-6-8-52)39-51-27-35-56(36-28-51)68(54-31-23-47(24-32-54)13-11-45-15-19-49(20-16-45)37-57-43(2)64-66(62(57)73)40-60(69)70)55-33-25-48(26-34-55)14-12-46-17-21-50(22-18-46)38-58-44(3)65-67(63(58)74)41-61(71)72/h4-39,64-65H,2-3,40-41H2,1H3,(H,69,70)(H,71,72)/b13-11+,14-12+,57-37?,58-38?,59-39-. The molecule has 2 aromatic heterocycles. The second kappa shape index (κ2) is 22.0. The zero-order valence-electron chi connectivity index (χ0n) is 40.5. The lowest BCUT2D eigenvalue weighted by Crippen LogP contribution is -2.35. The van der Waals surface area contributed by atoms with Crippen LogP contribution in [0.4, 0.5) is 17.1 Å². The Morgan fingerprint density at radius 2 is 0.811 bits per heavy atom. The van der Waals surface area contributed by atoms with E-state index in [1.807, 2.05) is 78.9 Å². The molecule has 4 N–H and O–H groups in total. The number of hydrogen-bond donors (Lipinski definition) is 4. The molecule has 0 fully saturated rings. The van der Waals surface area contributed by atoms with Crippen LogP contribution in [0, 0.1) is 6.92 Å². The number of nitrogens with zero attached hydrogens (tertiary/aromatic N) is 3. The highest BCUT2D eigenvalue weighted by Crippen LogP contribution is 2.36. The summed E-state index contributed by atoms with van der Waals surface area (Å²) in [5.41, 5.74) is 13.2. The van der Waals surface area contributed by atoms with Crippen LogP contribution in [0.5, 0.6) is 0 Å². The molecule has 0 aliphatic rings. The number of aryl methyl sites for hydroxylation is 1. The van der Waals surface area contributed by atoms with Gasteiger partial charge in [0, 0.05) is 17.1 Å². The van der Waals surface area contributed by atoms with Gasteiger partial charge in [0.1, 0.15) is 13.1 Å². The molecule has 0 spiro atoms. The average molecular weight is 974 g/mol. The molecule has 0 aliphatic carbocycles. The van der Waals surface area contributed by atoms with E-state index in [1.54, 1.807) is 12.2 Å². The van der Waals surface area contributed by atoms with Crippen molar-refractivity contribution in [3.63, 3.8) is 0 Å². The molecule has 0 amide bonds. The number of rotatable bonds is 16. The number of hydrogen-bond acceptors (Lipinski definition) is 5. The van der Waals surface area contributed by atoms with Gasteiger partial charge in [-0.1, -0.05) is 183 Å². The molecule has 9 rings (SSSR count). The fraction of sp³-hybridized carbons (Fsp3) is 0.0476. The fourth-order valence-corrected chi connectivity index (χ4v) is 8.50. The van der Waals surface area contributed by atoms with Gasteiger partial charge < -0.3 is 15.1 Å². The molecule has 0 bridgehead atoms. The first-order valence-electron chi connectivity index (χ1n) is 23.8. The Morgan fingerprint density at radius 3 is 1.19 bits per heavy atom. The monoisotopic (exact) mass is 973 g/mol. The largest absolute Gasteiger partial charge is 0.480 e. The van der Waals surface area contributed by atoms with Crippen molar-refractivity contribution in [1.82, 2.24) is 19.6 Å². The van der Waals surface area contributed by atoms with Gasteiger partial charge >= 0.3 is 11.9 Å². The Morgan fingerprint density at radius 1 is 0.473 bits per heavy atom. The van der Waals surface area contributed by atoms with Gasteiger partial charge in [-0.3, -0.25) is 29.4 Å². The van der Waals surface area contributed by atoms with Gasteiger partial charge in [0.05, 0.1) is 21.1 Å². The average Bonchev–Trinajstić information content (AvgIpc) is 3.82. The predicted octanol–water partition coefficient (Wildman–Crippen LogP) is 9.02. The Bertz CT molecular complexity index is 3750. The van der Waals surface area contributed by atoms with Crippen LogP contribution in [0.15, 0.2) is 186 Å². The third kappa shape index (κ3) is 11.8. The van der Waals surface area contributed by atoms with E-state index in [9.17, 15) is 19.2 Å². The summed E-state index contributed by atoms with van der Waals surface area (Å²) in [5, 5.41) is 25.1. The van der Waals surface area contributed by atoms with Crippen molar-refractivity contribution in [3.8, 4) is 0 Å². The maximum absolute atomic E-state index is 12.7. The number of anilines is 3. The van der Waals surface area contributed by atoms with Crippen molar-refractivity contribution in [2.24, 2.45) is 0 Å². The van der Waals surface area contributed by atoms with Crippen molar-refractivity contribution < 1.29 is 19.8 Å². The van der Waals surface area contributed by atoms with E-state index in [0.29, 0.717) is 21.1 Å². The number of nitrogens with one attached hydrogen (secondary N) is 2. The topological polar surface area (TPSA) is 153 Å². The van der Waals surface area contributed by atoms with E-state index in [-0.39, 0.29) is 0 Å². The minimum Gasteiger partial charge on any atom is -0.480 e. The molecule has 0 radical (unpaired) electrons. The maximum Gasteiger partial charge on any atom is 0.325 e. The number of aromatic nitrogens is 4. The highest BCUT2D eigenvalue weighted by molar-refractivity contribution is 5.92. The minimum atomic E-state index is -1.12. The number of aliphatic carboxylic acids is 2. The van der Waals surface area contributed by atoms with Gasteiger partial charge in [-0.25, -0.2) is 9.36 Å². The third-order valence-corrected chi connectivity index (χ3v) is 12.4. The SMILES string of the molecule is C=c1[nH]n(CC(=O)O)c(=O)c1=Cc1ccc(/C=C/c2ccc(N(c3ccc(/C=C(/c4ccccc4)c4ccc(C)cc4)cc3)c3ccc(/C=C/c4ccc(C=c5c(=C)[nH]n(CC(=O)O)c5=O)cc4)cc3)cc2)cc1. The molecule has 7 aromatic carbocycles. The van der Waals surface area contributed by atoms with Crippen molar-refractivity contribution in [3.05, 3.63) is 273 Å². The van der Waals surface area contributed by atoms with E-state index in [4.69, 9.17) is 10.2 Å². The predicted molar refractivity (Wildman–Crippen MR) is 299 cm³/mol. The summed E-state index contributed by atoms with van der Waals surface area (Å²) in [6.07, 6.45) is 13.8. The van der Waals surface area contributed by atoms with E-state index >= 15 is 0 Å². The molecule has 0 unspecified atom stereocenters. The zero-order valence-corrected chi connectivity index (χ0v) is 40.5. The molecule has 0 saturated heterocycles. The molecule has 0 atom stereocenters. The Labute approximate surface area is 426 Å². The molecule has 364 valence electrons. The van der Waals surface area contributed by atoms with Crippen molar-refractivity contribution >= 4 is 90.3 Å². The summed E-state index contributed by atoms with van der Waals surface area (Å²) < 4.78 is 2.06. The summed E-state index contributed by atoms with van der Waals surface area (Å²) in [7, 11) is 0. The molecule has 11 heteroatoms. The first-order valence-corrected chi connectivity index (χ1v) is 23.8. The zero-order chi connectivity index (χ0) is 51.7. The number of benzene rings is 7. The van der Waals surface area contributed by atoms with Crippen LogP contribution >= 0.6 is 0 Å². The first-order chi connectivity index (χ1) is 35.8. The Kier molecular flexibility index (Phi) is 14.5. The van der Waals surface area contributed by atoms with E-state index < -0.39 is 36.1 Å². The van der Waals surface area contributed by atoms with E-state index in [0.717, 1.165) is 82.1 Å². The molecular formula is C63H51N5O6. The molecule has 11 nitrogen and oxygen atoms in total. The number of carboxylic acid groups (broad SMARTS) is 2.